The molecule has 0 fully saturated rings. The molecule has 58 heavy (non-hydrogen) atoms. The first-order valence-corrected chi connectivity index (χ1v) is 25.4. The van der Waals surface area contributed by atoms with Crippen LogP contribution in [0.3, 0.4) is 0 Å². The van der Waals surface area contributed by atoms with Crippen LogP contribution in [0.15, 0.2) is 48.6 Å². The molecule has 9 heteroatoms. The summed E-state index contributed by atoms with van der Waals surface area (Å²) in [7, 11) is 1.65. The maximum atomic E-state index is 12.7. The Kier molecular flexibility index (Phi) is 41.0. The molecule has 0 aliphatic rings. The summed E-state index contributed by atoms with van der Waals surface area (Å²) in [5.41, 5.74) is 0. The lowest BCUT2D eigenvalue weighted by atomic mass is 10.1. The number of allylic oxidation sites excluding steroid dienone is 8. The Balaban J connectivity index is 4.22. The smallest absolute Gasteiger partial charge is 0.457 e. The maximum Gasteiger partial charge on any atom is 0.472 e. The third-order valence-corrected chi connectivity index (χ3v) is 11.1. The maximum absolute atomic E-state index is 12.7. The van der Waals surface area contributed by atoms with Gasteiger partial charge in [0.05, 0.1) is 34.4 Å². The van der Waals surface area contributed by atoms with Crippen LogP contribution in [-0.2, 0) is 27.9 Å². The molecule has 0 amide bonds. The first kappa shape index (κ1) is 56.5. The number of carbonyl (C=O) groups is 1. The third-order valence-electron chi connectivity index (χ3n) is 10.1. The van der Waals surface area contributed by atoms with Crippen molar-refractivity contribution < 1.29 is 37.3 Å². The molecule has 0 aromatic rings. The first-order valence-electron chi connectivity index (χ1n) is 23.9. The standard InChI is InChI=1S/C49H92NO7P/c1-6-8-10-12-14-16-18-20-22-24-25-26-28-30-32-34-36-38-40-42-49(51)57-48(47-56-58(52,53)55-45-43-50(3,4)5)46-54-44-41-39-37-35-33-31-29-27-23-21-19-17-15-13-11-9-7-2/h14,16-17,19-20,22-23,27,48H,6-13,15,18,21,24-26,28-47H2,1-5H3/p+1/b16-14-,19-17-,22-20-,27-23-. The Labute approximate surface area is 358 Å². The van der Waals surface area contributed by atoms with E-state index in [-0.39, 0.29) is 25.8 Å². The van der Waals surface area contributed by atoms with Crippen molar-refractivity contribution in [1.82, 2.24) is 0 Å². The van der Waals surface area contributed by atoms with Crippen molar-refractivity contribution in [2.24, 2.45) is 0 Å². The number of nitrogens with zero attached hydrogens (tertiary/aromatic N) is 1. The van der Waals surface area contributed by atoms with Gasteiger partial charge in [-0.25, -0.2) is 4.57 Å². The number of hydrogen-bond acceptors (Lipinski definition) is 6. The predicted molar refractivity (Wildman–Crippen MR) is 247 cm³/mol. The van der Waals surface area contributed by atoms with Gasteiger partial charge in [-0.3, -0.25) is 13.8 Å². The topological polar surface area (TPSA) is 91.3 Å². The fraction of sp³-hybridized carbons (Fsp3) is 0.816. The summed E-state index contributed by atoms with van der Waals surface area (Å²) in [6.45, 7) is 5.56. The average molecular weight is 839 g/mol. The summed E-state index contributed by atoms with van der Waals surface area (Å²) in [5, 5.41) is 0. The number of carbonyl (C=O) groups excluding carboxylic acids is 1. The zero-order chi connectivity index (χ0) is 42.7. The van der Waals surface area contributed by atoms with Crippen molar-refractivity contribution in [3.63, 3.8) is 0 Å². The quantitative estimate of drug-likeness (QED) is 0.0215. The predicted octanol–water partition coefficient (Wildman–Crippen LogP) is 14.3. The fourth-order valence-corrected chi connectivity index (χ4v) is 7.12. The molecule has 0 aromatic heterocycles. The van der Waals surface area contributed by atoms with Crippen LogP contribution in [-0.4, -0.2) is 75.6 Å². The van der Waals surface area contributed by atoms with E-state index in [9.17, 15) is 14.3 Å². The second-order valence-corrected chi connectivity index (χ2v) is 18.6. The van der Waals surface area contributed by atoms with Crippen molar-refractivity contribution >= 4 is 13.8 Å². The van der Waals surface area contributed by atoms with E-state index in [1.165, 1.54) is 128 Å². The van der Waals surface area contributed by atoms with E-state index in [0.29, 0.717) is 24.1 Å². The highest BCUT2D eigenvalue weighted by Crippen LogP contribution is 2.43. The molecule has 0 aliphatic carbocycles. The number of ether oxygens (including phenoxy) is 2. The van der Waals surface area contributed by atoms with Crippen LogP contribution in [0.25, 0.3) is 0 Å². The van der Waals surface area contributed by atoms with E-state index >= 15 is 0 Å². The molecule has 0 radical (unpaired) electrons. The lowest BCUT2D eigenvalue weighted by Crippen LogP contribution is -2.37. The van der Waals surface area contributed by atoms with Crippen molar-refractivity contribution in [2.45, 2.75) is 206 Å². The van der Waals surface area contributed by atoms with Gasteiger partial charge in [-0.05, 0) is 77.0 Å². The second kappa shape index (κ2) is 42.2. The highest BCUT2D eigenvalue weighted by Gasteiger charge is 2.26. The monoisotopic (exact) mass is 839 g/mol. The van der Waals surface area contributed by atoms with Crippen LogP contribution < -0.4 is 0 Å². The van der Waals surface area contributed by atoms with Gasteiger partial charge < -0.3 is 18.9 Å². The van der Waals surface area contributed by atoms with Gasteiger partial charge in [0.1, 0.15) is 19.3 Å². The molecule has 0 aromatic carbocycles. The molecule has 0 rings (SSSR count). The Hall–Kier alpha value is -1.54. The number of quaternary nitrogens is 1. The number of unbranched alkanes of at least 4 members (excludes halogenated alkanes) is 22. The Morgan fingerprint density at radius 3 is 1.43 bits per heavy atom. The van der Waals surface area contributed by atoms with Crippen molar-refractivity contribution in [1.29, 1.82) is 0 Å². The van der Waals surface area contributed by atoms with E-state index in [2.05, 4.69) is 62.5 Å². The van der Waals surface area contributed by atoms with E-state index in [1.54, 1.807) is 0 Å². The molecular weight excluding hydrogens is 746 g/mol. The average Bonchev–Trinajstić information content (AvgIpc) is 3.18. The number of phosphoric acid groups is 1. The number of phosphoric ester groups is 1. The molecule has 0 saturated heterocycles. The SMILES string of the molecule is CCCCC/C=C\C/C=C\CCCCCCCCCCCC(=O)OC(COCCCCCCCC/C=C\C/C=C\CCCCCC)COP(=O)(O)OCC[N+](C)(C)C. The molecule has 2 atom stereocenters. The second-order valence-electron chi connectivity index (χ2n) is 17.1. The van der Waals surface area contributed by atoms with Gasteiger partial charge in [-0.15, -0.1) is 0 Å². The largest absolute Gasteiger partial charge is 0.472 e. The van der Waals surface area contributed by atoms with Gasteiger partial charge in [-0.2, -0.15) is 0 Å². The van der Waals surface area contributed by atoms with Crippen LogP contribution in [0.1, 0.15) is 200 Å². The van der Waals surface area contributed by atoms with Crippen molar-refractivity contribution in [3.8, 4) is 0 Å². The van der Waals surface area contributed by atoms with Crippen LogP contribution in [0.4, 0.5) is 0 Å². The number of hydrogen-bond donors (Lipinski definition) is 1. The molecule has 0 aliphatic heterocycles. The van der Waals surface area contributed by atoms with Gasteiger partial charge in [-0.1, -0.05) is 165 Å². The first-order chi connectivity index (χ1) is 28.1. The highest BCUT2D eigenvalue weighted by molar-refractivity contribution is 7.47. The van der Waals surface area contributed by atoms with Crippen molar-refractivity contribution in [2.75, 3.05) is 54.1 Å². The Bertz CT molecular complexity index is 1070. The Morgan fingerprint density at radius 2 is 0.948 bits per heavy atom. The number of likely N-dealkylation sites (N-methyl/N-ethyl adjacent to an activating group) is 1. The van der Waals surface area contributed by atoms with E-state index in [0.717, 1.165) is 51.4 Å². The van der Waals surface area contributed by atoms with E-state index in [4.69, 9.17) is 18.5 Å². The molecule has 2 unspecified atom stereocenters. The summed E-state index contributed by atoms with van der Waals surface area (Å²) >= 11 is 0. The van der Waals surface area contributed by atoms with Gasteiger partial charge in [0.25, 0.3) is 0 Å². The van der Waals surface area contributed by atoms with Crippen LogP contribution in [0, 0.1) is 0 Å². The van der Waals surface area contributed by atoms with Gasteiger partial charge >= 0.3 is 13.8 Å². The normalized spacial score (nSPS) is 14.1. The lowest BCUT2D eigenvalue weighted by Gasteiger charge is -2.24. The van der Waals surface area contributed by atoms with E-state index < -0.39 is 13.9 Å². The fourth-order valence-electron chi connectivity index (χ4n) is 6.38. The summed E-state index contributed by atoms with van der Waals surface area (Å²) in [4.78, 5) is 22.9. The molecule has 0 bridgehead atoms. The molecule has 0 heterocycles. The summed E-state index contributed by atoms with van der Waals surface area (Å²) in [5.74, 6) is -0.322. The zero-order valence-corrected chi connectivity index (χ0v) is 39.4. The zero-order valence-electron chi connectivity index (χ0n) is 38.5. The lowest BCUT2D eigenvalue weighted by molar-refractivity contribution is -0.870. The minimum absolute atomic E-state index is 0.0843. The highest BCUT2D eigenvalue weighted by atomic mass is 31.2. The van der Waals surface area contributed by atoms with Crippen molar-refractivity contribution in [3.05, 3.63) is 48.6 Å². The van der Waals surface area contributed by atoms with Crippen LogP contribution in [0.5, 0.6) is 0 Å². The minimum Gasteiger partial charge on any atom is -0.457 e. The van der Waals surface area contributed by atoms with Gasteiger partial charge in [0.15, 0.2) is 0 Å². The minimum atomic E-state index is -4.28. The molecule has 340 valence electrons. The Morgan fingerprint density at radius 1 is 0.534 bits per heavy atom. The molecule has 8 nitrogen and oxygen atoms in total. The molecule has 1 N–H and O–H groups in total. The third kappa shape index (κ3) is 45.5. The summed E-state index contributed by atoms with van der Waals surface area (Å²) in [6, 6.07) is 0. The van der Waals surface area contributed by atoms with E-state index in [1.807, 2.05) is 21.1 Å². The summed E-state index contributed by atoms with van der Waals surface area (Å²) in [6.07, 6.45) is 51.4. The number of esters is 1. The van der Waals surface area contributed by atoms with Gasteiger partial charge in [0, 0.05) is 13.0 Å². The van der Waals surface area contributed by atoms with Gasteiger partial charge in [0.2, 0.25) is 0 Å². The molecule has 0 saturated carbocycles. The summed E-state index contributed by atoms with van der Waals surface area (Å²) < 4.78 is 35.1. The molecule has 0 spiro atoms. The van der Waals surface area contributed by atoms with Crippen LogP contribution in [0.2, 0.25) is 0 Å². The number of rotatable bonds is 44. The molecular formula is C49H93NO7P+. The van der Waals surface area contributed by atoms with Crippen LogP contribution >= 0.6 is 7.82 Å².